The average molecular weight is 267 g/mol. The fourth-order valence-electron chi connectivity index (χ4n) is 1.47. The van der Waals surface area contributed by atoms with Gasteiger partial charge in [-0.2, -0.15) is 0 Å². The number of thioether (sulfide) groups is 1. The highest BCUT2D eigenvalue weighted by Gasteiger charge is 2.16. The molecule has 0 atom stereocenters. The van der Waals surface area contributed by atoms with Gasteiger partial charge in [0.05, 0.1) is 5.56 Å². The zero-order chi connectivity index (χ0) is 13.7. The normalized spacial score (nSPS) is 10.5. The van der Waals surface area contributed by atoms with Gasteiger partial charge < -0.3 is 0 Å². The summed E-state index contributed by atoms with van der Waals surface area (Å²) < 4.78 is 0. The molecule has 0 aliphatic carbocycles. The van der Waals surface area contributed by atoms with Crippen molar-refractivity contribution >= 4 is 22.8 Å². The molecular weight excluding hydrogens is 250 g/mol. The minimum Gasteiger partial charge on any atom is -0.287 e. The smallest absolute Gasteiger partial charge is 0.269 e. The fourth-order valence-corrected chi connectivity index (χ4v) is 2.01. The number of hydrogen-bond donors (Lipinski definition) is 0. The fraction of sp³-hybridized carbons (Fsp3) is 0.417. The molecule has 0 fully saturated rings. The van der Waals surface area contributed by atoms with E-state index in [1.54, 1.807) is 22.2 Å². The van der Waals surface area contributed by atoms with E-state index in [0.29, 0.717) is 17.1 Å². The summed E-state index contributed by atoms with van der Waals surface area (Å²) in [6.07, 6.45) is 1.50. The molecule has 0 saturated carbocycles. The molecule has 0 aliphatic rings. The monoisotopic (exact) mass is 267 g/mol. The topological polar surface area (TPSA) is 53.5 Å². The summed E-state index contributed by atoms with van der Waals surface area (Å²) in [4.78, 5) is 27.1. The summed E-state index contributed by atoms with van der Waals surface area (Å²) in [5, 5.41) is 3.92. The van der Waals surface area contributed by atoms with Crippen molar-refractivity contribution in [3.05, 3.63) is 23.9 Å². The Hall–Kier alpha value is -1.40. The van der Waals surface area contributed by atoms with E-state index in [1.165, 1.54) is 13.1 Å². The Bertz CT molecular complexity index is 431. The van der Waals surface area contributed by atoms with Crippen molar-refractivity contribution in [2.45, 2.75) is 18.9 Å². The Labute approximate surface area is 111 Å². The molecule has 1 aromatic rings. The first-order valence-electron chi connectivity index (χ1n) is 5.59. The van der Waals surface area contributed by atoms with Crippen molar-refractivity contribution in [2.75, 3.05) is 20.6 Å². The Morgan fingerprint density at radius 1 is 1.33 bits per heavy atom. The van der Waals surface area contributed by atoms with Crippen LogP contribution in [0.2, 0.25) is 0 Å². The molecule has 0 saturated heterocycles. The molecule has 0 aliphatic heterocycles. The van der Waals surface area contributed by atoms with Crippen molar-refractivity contribution in [3.8, 4) is 0 Å². The first kappa shape index (κ1) is 14.7. The number of pyridine rings is 1. The van der Waals surface area contributed by atoms with Crippen LogP contribution < -0.4 is 0 Å². The predicted molar refractivity (Wildman–Crippen MR) is 71.2 cm³/mol. The van der Waals surface area contributed by atoms with E-state index < -0.39 is 0 Å². The highest BCUT2D eigenvalue weighted by molar-refractivity contribution is 8.13. The van der Waals surface area contributed by atoms with Gasteiger partial charge in [0.2, 0.25) is 0 Å². The molecule has 0 radical (unpaired) electrons. The van der Waals surface area contributed by atoms with E-state index in [-0.39, 0.29) is 11.0 Å². The van der Waals surface area contributed by atoms with E-state index in [4.69, 9.17) is 0 Å². The van der Waals surface area contributed by atoms with Gasteiger partial charge in [-0.05, 0) is 30.8 Å². The molecule has 18 heavy (non-hydrogen) atoms. The molecule has 5 nitrogen and oxygen atoms in total. The first-order chi connectivity index (χ1) is 8.45. The molecule has 0 aromatic carbocycles. The van der Waals surface area contributed by atoms with Gasteiger partial charge in [-0.25, -0.2) is 9.99 Å². The van der Waals surface area contributed by atoms with E-state index in [0.717, 1.165) is 11.8 Å². The van der Waals surface area contributed by atoms with Gasteiger partial charge in [-0.1, -0.05) is 0 Å². The van der Waals surface area contributed by atoms with Crippen LogP contribution >= 0.6 is 11.8 Å². The van der Waals surface area contributed by atoms with Crippen LogP contribution in [-0.2, 0) is 4.79 Å². The quantitative estimate of drug-likeness (QED) is 0.613. The third-order valence-corrected chi connectivity index (χ3v) is 2.99. The summed E-state index contributed by atoms with van der Waals surface area (Å²) in [6.45, 7) is 3.98. The lowest BCUT2D eigenvalue weighted by Gasteiger charge is -2.27. The van der Waals surface area contributed by atoms with E-state index in [9.17, 15) is 9.59 Å². The van der Waals surface area contributed by atoms with Crippen molar-refractivity contribution in [1.82, 2.24) is 15.0 Å². The summed E-state index contributed by atoms with van der Waals surface area (Å²) in [7, 11) is 3.63. The second kappa shape index (κ2) is 6.51. The van der Waals surface area contributed by atoms with Crippen LogP contribution in [0.25, 0.3) is 0 Å². The number of carbonyl (C=O) groups excluding carboxylic acids is 2. The molecule has 1 amide bonds. The van der Waals surface area contributed by atoms with Gasteiger partial charge in [0.1, 0.15) is 5.03 Å². The number of amides is 1. The van der Waals surface area contributed by atoms with Gasteiger partial charge in [-0.15, -0.1) is 0 Å². The van der Waals surface area contributed by atoms with E-state index in [2.05, 4.69) is 4.98 Å². The van der Waals surface area contributed by atoms with Gasteiger partial charge in [0.15, 0.2) is 5.12 Å². The van der Waals surface area contributed by atoms with Crippen LogP contribution in [-0.4, -0.2) is 46.7 Å². The Morgan fingerprint density at radius 2 is 2.00 bits per heavy atom. The lowest BCUT2D eigenvalue weighted by atomic mass is 10.2. The van der Waals surface area contributed by atoms with Crippen LogP contribution in [0.1, 0.15) is 24.2 Å². The highest BCUT2D eigenvalue weighted by Crippen LogP contribution is 2.16. The standard InChI is InChI=1S/C12H17N3O2S/c1-5-15(14(3)4)12(17)10-6-7-11(13-8-10)18-9(2)16/h6-8H,5H2,1-4H3. The molecule has 0 spiro atoms. The second-order valence-corrected chi connectivity index (χ2v) is 5.04. The van der Waals surface area contributed by atoms with Gasteiger partial charge in [-0.3, -0.25) is 14.6 Å². The van der Waals surface area contributed by atoms with Crippen molar-refractivity contribution < 1.29 is 9.59 Å². The van der Waals surface area contributed by atoms with Gasteiger partial charge in [0, 0.05) is 33.8 Å². The average Bonchev–Trinajstić information content (AvgIpc) is 2.29. The van der Waals surface area contributed by atoms with Gasteiger partial charge in [0.25, 0.3) is 5.91 Å². The van der Waals surface area contributed by atoms with Crippen LogP contribution in [0.5, 0.6) is 0 Å². The van der Waals surface area contributed by atoms with E-state index in [1.807, 2.05) is 21.0 Å². The minimum atomic E-state index is -0.102. The second-order valence-electron chi connectivity index (χ2n) is 3.85. The molecule has 98 valence electrons. The first-order valence-corrected chi connectivity index (χ1v) is 6.41. The number of aromatic nitrogens is 1. The van der Waals surface area contributed by atoms with Crippen LogP contribution in [0, 0.1) is 0 Å². The maximum absolute atomic E-state index is 12.1. The number of nitrogens with zero attached hydrogens (tertiary/aromatic N) is 3. The predicted octanol–water partition coefficient (Wildman–Crippen LogP) is 1.66. The van der Waals surface area contributed by atoms with Crippen molar-refractivity contribution in [1.29, 1.82) is 0 Å². The number of carbonyl (C=O) groups is 2. The van der Waals surface area contributed by atoms with Crippen molar-refractivity contribution in [3.63, 3.8) is 0 Å². The van der Waals surface area contributed by atoms with Crippen LogP contribution in [0.15, 0.2) is 23.4 Å². The third-order valence-electron chi connectivity index (χ3n) is 2.25. The molecular formula is C12H17N3O2S. The maximum atomic E-state index is 12.1. The number of rotatable bonds is 4. The van der Waals surface area contributed by atoms with Crippen molar-refractivity contribution in [2.24, 2.45) is 0 Å². The minimum absolute atomic E-state index is 0.0231. The van der Waals surface area contributed by atoms with E-state index >= 15 is 0 Å². The molecule has 0 bridgehead atoms. The Morgan fingerprint density at radius 3 is 2.39 bits per heavy atom. The molecule has 0 N–H and O–H groups in total. The summed E-state index contributed by atoms with van der Waals surface area (Å²) in [5.74, 6) is -0.102. The zero-order valence-electron chi connectivity index (χ0n) is 11.0. The SMILES string of the molecule is CCN(C(=O)c1ccc(SC(C)=O)nc1)N(C)C. The molecule has 1 rings (SSSR count). The zero-order valence-corrected chi connectivity index (χ0v) is 11.8. The lowest BCUT2D eigenvalue weighted by molar-refractivity contribution is -0.109. The summed E-state index contributed by atoms with van der Waals surface area (Å²) >= 11 is 1.05. The van der Waals surface area contributed by atoms with Crippen LogP contribution in [0.3, 0.4) is 0 Å². The molecule has 6 heteroatoms. The maximum Gasteiger partial charge on any atom is 0.269 e. The third kappa shape index (κ3) is 3.82. The summed E-state index contributed by atoms with van der Waals surface area (Å²) in [5.41, 5.74) is 0.512. The Kier molecular flexibility index (Phi) is 5.30. The number of hydrogen-bond acceptors (Lipinski definition) is 5. The summed E-state index contributed by atoms with van der Waals surface area (Å²) in [6, 6.07) is 3.37. The lowest BCUT2D eigenvalue weighted by Crippen LogP contribution is -2.41. The molecule has 1 heterocycles. The molecule has 0 unspecified atom stereocenters. The largest absolute Gasteiger partial charge is 0.287 e. The molecule has 1 aromatic heterocycles. The highest BCUT2D eigenvalue weighted by atomic mass is 32.2. The van der Waals surface area contributed by atoms with Crippen LogP contribution in [0.4, 0.5) is 0 Å². The number of hydrazine groups is 1. The Balaban J connectivity index is 2.84. The van der Waals surface area contributed by atoms with Gasteiger partial charge >= 0.3 is 0 Å².